The van der Waals surface area contributed by atoms with Gasteiger partial charge in [0.25, 0.3) is 0 Å². The number of hydrogen-bond acceptors (Lipinski definition) is 6. The summed E-state index contributed by atoms with van der Waals surface area (Å²) < 4.78 is 44.9. The molecule has 13 heteroatoms. The molecule has 612 valence electrons. The summed E-state index contributed by atoms with van der Waals surface area (Å²) in [6.07, 6.45) is 1.17. The molecule has 0 amide bonds. The van der Waals surface area contributed by atoms with Crippen molar-refractivity contribution in [3.8, 4) is 74.5 Å². The van der Waals surface area contributed by atoms with Crippen LogP contribution in [-0.2, 0) is 0 Å². The third kappa shape index (κ3) is 11.8. The first-order valence-corrected chi connectivity index (χ1v) is 44.1. The van der Waals surface area contributed by atoms with Crippen molar-refractivity contribution in [3.63, 3.8) is 0 Å². The van der Waals surface area contributed by atoms with Crippen molar-refractivity contribution in [1.82, 2.24) is 41.9 Å². The zero-order valence-electron chi connectivity index (χ0n) is 70.7. The molecule has 0 bridgehead atoms. The average molecular weight is 1650 g/mol. The Kier molecular flexibility index (Phi) is 17.4. The largest absolute Gasteiger partial charge is 0.493 e. The number of fused-ring (bicyclic) bond motifs is 21. The van der Waals surface area contributed by atoms with Gasteiger partial charge in [-0.1, -0.05) is 248 Å². The highest BCUT2D eigenvalue weighted by molar-refractivity contribution is 6.18. The van der Waals surface area contributed by atoms with Crippen LogP contribution in [0.25, 0.3) is 204 Å². The van der Waals surface area contributed by atoms with E-state index in [2.05, 4.69) is 429 Å². The van der Waals surface area contributed by atoms with E-state index in [1.54, 1.807) is 0 Å². The minimum Gasteiger partial charge on any atom is -0.493 e. The Labute approximate surface area is 736 Å². The number of para-hydroxylation sites is 12. The van der Waals surface area contributed by atoms with Crippen LogP contribution in [0.5, 0.6) is 23.0 Å². The minimum absolute atomic E-state index is 0.375. The molecule has 0 N–H and O–H groups in total. The summed E-state index contributed by atoms with van der Waals surface area (Å²) in [7, 11) is 0. The Morgan fingerprint density at radius 1 is 0.195 bits per heavy atom. The summed E-state index contributed by atoms with van der Waals surface area (Å²) in [4.78, 5) is 11.1. The Morgan fingerprint density at radius 2 is 0.438 bits per heavy atom. The quantitative estimate of drug-likeness (QED) is 0.0705. The zero-order chi connectivity index (χ0) is 84.8. The van der Waals surface area contributed by atoms with E-state index >= 15 is 0 Å². The van der Waals surface area contributed by atoms with Gasteiger partial charge in [0.2, 0.25) is 0 Å². The molecule has 9 aromatic heterocycles. The van der Waals surface area contributed by atoms with E-state index in [0.717, 1.165) is 200 Å². The van der Waals surface area contributed by atoms with Gasteiger partial charge in [0.05, 0.1) is 121 Å². The van der Waals surface area contributed by atoms with E-state index in [-0.39, 0.29) is 0 Å². The van der Waals surface area contributed by atoms with Gasteiger partial charge in [0.15, 0.2) is 0 Å². The summed E-state index contributed by atoms with van der Waals surface area (Å²) in [6, 6.07) is 135. The molecular formula is C115H83N9O4. The smallest absolute Gasteiger partial charge is 0.143 e. The number of aromatic nitrogens is 9. The molecule has 0 radical (unpaired) electrons. The van der Waals surface area contributed by atoms with E-state index in [1.807, 2.05) is 0 Å². The fraction of sp³-hybridized carbons (Fsp3) is 0.0783. The zero-order valence-corrected chi connectivity index (χ0v) is 70.7. The van der Waals surface area contributed by atoms with Gasteiger partial charge in [-0.05, 0) is 147 Å². The number of rotatable bonds is 20. The summed E-state index contributed by atoms with van der Waals surface area (Å²) in [5.74, 6) is 5.92. The van der Waals surface area contributed by atoms with Gasteiger partial charge in [0.1, 0.15) is 46.3 Å². The Hall–Kier alpha value is -16.4. The van der Waals surface area contributed by atoms with Crippen LogP contribution in [0.3, 0.4) is 0 Å². The standard InChI is InChI=1S/C115H83N9O4/c1-72-31-28-32-75(65-72)112-73(2)74(3)113(122-102-53-24-12-41-88(102)89-42-13-25-54-103(89)122)115(114(112)123-104-55-26-14-43-90(104)91-44-15-27-56-105(91)123)124-106-59-57-76(125-61-29-63-127-78-68-108(118-94-45-16-4-33-80(94)81-34-5-17-46-95(81)118)116-109(69-78)119-96-47-18-6-35-82(96)83-36-7-19-48-97(83)119)66-92(106)93-67-77(58-60-107(93)124)126-62-30-64-128-79-70-110(120-98-49-20-8-37-84(98)85-38-9-21-50-99(85)120)117-111(71-79)121-100-51-22-10-39-86(100)87-40-11-23-52-101(87)121/h4-28,31-60,65-71H,29-30,61-64H2,1-3H3. The molecule has 13 nitrogen and oxygen atoms in total. The molecule has 0 aliphatic rings. The first kappa shape index (κ1) is 74.3. The maximum absolute atomic E-state index is 7.08. The maximum atomic E-state index is 7.08. The first-order chi connectivity index (χ1) is 63.3. The molecule has 0 aliphatic carbocycles. The van der Waals surface area contributed by atoms with Gasteiger partial charge < -0.3 is 32.6 Å². The van der Waals surface area contributed by atoms with Gasteiger partial charge in [-0.25, -0.2) is 9.97 Å². The van der Waals surface area contributed by atoms with Crippen molar-refractivity contribution in [1.29, 1.82) is 0 Å². The Balaban J connectivity index is 0.620. The second-order valence-electron chi connectivity index (χ2n) is 33.6. The summed E-state index contributed by atoms with van der Waals surface area (Å²) in [5, 5.41) is 16.0. The van der Waals surface area contributed by atoms with Crippen LogP contribution in [0, 0.1) is 20.8 Å². The molecule has 128 heavy (non-hydrogen) atoms. The number of ether oxygens (including phenoxy) is 4. The molecule has 25 aromatic rings. The van der Waals surface area contributed by atoms with E-state index in [9.17, 15) is 0 Å². The third-order valence-electron chi connectivity index (χ3n) is 26.3. The highest BCUT2D eigenvalue weighted by Gasteiger charge is 2.33. The number of benzene rings is 16. The van der Waals surface area contributed by atoms with Crippen LogP contribution in [0.15, 0.2) is 376 Å². The van der Waals surface area contributed by atoms with Crippen LogP contribution in [0.2, 0.25) is 0 Å². The van der Waals surface area contributed by atoms with Crippen molar-refractivity contribution >= 4 is 153 Å². The SMILES string of the molecule is Cc1cccc(-c2c(C)c(C)c(-n3c4ccccc4c4ccccc43)c(-n3c4ccc(OCCCOc5cc(-n6c7ccccc7c7ccccc76)nc(-n6c7ccccc7c7ccccc76)c5)cc4c4cc(OCCCOc5cc(-n6c7ccccc7c7ccccc76)nc(-n6c7ccccc7c7ccccc76)c5)ccc43)c2-n2c3ccccc3c3ccccc32)c1. The molecule has 0 aliphatic heterocycles. The lowest BCUT2D eigenvalue weighted by Crippen LogP contribution is -2.14. The van der Waals surface area contributed by atoms with E-state index < -0.39 is 0 Å². The predicted molar refractivity (Wildman–Crippen MR) is 526 cm³/mol. The second kappa shape index (κ2) is 30.0. The van der Waals surface area contributed by atoms with Gasteiger partial charge >= 0.3 is 0 Å². The normalized spacial score (nSPS) is 12.1. The molecular weight excluding hydrogens is 1570 g/mol. The van der Waals surface area contributed by atoms with Crippen molar-refractivity contribution < 1.29 is 18.9 Å². The molecule has 0 saturated heterocycles. The highest BCUT2D eigenvalue weighted by atomic mass is 16.5. The summed E-state index contributed by atoms with van der Waals surface area (Å²) >= 11 is 0. The molecule has 16 aromatic carbocycles. The third-order valence-corrected chi connectivity index (χ3v) is 26.3. The van der Waals surface area contributed by atoms with Crippen LogP contribution < -0.4 is 18.9 Å². The highest BCUT2D eigenvalue weighted by Crippen LogP contribution is 2.51. The van der Waals surface area contributed by atoms with E-state index in [0.29, 0.717) is 50.8 Å². The van der Waals surface area contributed by atoms with Crippen molar-refractivity contribution in [3.05, 3.63) is 393 Å². The van der Waals surface area contributed by atoms with Crippen LogP contribution in [-0.4, -0.2) is 68.4 Å². The molecule has 0 unspecified atom stereocenters. The van der Waals surface area contributed by atoms with Gasteiger partial charge in [-0.2, -0.15) is 0 Å². The molecule has 0 atom stereocenters. The number of aryl methyl sites for hydroxylation is 1. The van der Waals surface area contributed by atoms with Crippen LogP contribution in [0.4, 0.5) is 0 Å². The van der Waals surface area contributed by atoms with Crippen molar-refractivity contribution in [2.24, 2.45) is 0 Å². The average Bonchev–Trinajstić information content (AvgIpc) is 1.50. The number of nitrogens with zero attached hydrogens (tertiary/aromatic N) is 9. The lowest BCUT2D eigenvalue weighted by atomic mass is 9.90. The van der Waals surface area contributed by atoms with Gasteiger partial charge in [-0.3, -0.25) is 18.3 Å². The van der Waals surface area contributed by atoms with E-state index in [1.165, 1.54) is 32.7 Å². The Bertz CT molecular complexity index is 7940. The fourth-order valence-corrected chi connectivity index (χ4v) is 20.7. The minimum atomic E-state index is 0.375. The topological polar surface area (TPSA) is 97.2 Å². The first-order valence-electron chi connectivity index (χ1n) is 44.1. The molecule has 0 saturated carbocycles. The number of hydrogen-bond donors (Lipinski definition) is 0. The summed E-state index contributed by atoms with van der Waals surface area (Å²) in [6.45, 7) is 8.37. The maximum Gasteiger partial charge on any atom is 0.143 e. The Morgan fingerprint density at radius 3 is 0.719 bits per heavy atom. The molecule has 0 spiro atoms. The van der Waals surface area contributed by atoms with Crippen LogP contribution in [0.1, 0.15) is 29.5 Å². The monoisotopic (exact) mass is 1650 g/mol. The van der Waals surface area contributed by atoms with Crippen molar-refractivity contribution in [2.45, 2.75) is 33.6 Å². The molecule has 9 heterocycles. The summed E-state index contributed by atoms with van der Waals surface area (Å²) in [5.41, 5.74) is 23.9. The molecule has 25 rings (SSSR count). The number of pyridine rings is 2. The second-order valence-corrected chi connectivity index (χ2v) is 33.6. The van der Waals surface area contributed by atoms with Crippen molar-refractivity contribution in [2.75, 3.05) is 26.4 Å². The lowest BCUT2D eigenvalue weighted by molar-refractivity contribution is 0.247. The predicted octanol–water partition coefficient (Wildman–Crippen LogP) is 28.4. The molecule has 0 fully saturated rings. The van der Waals surface area contributed by atoms with E-state index in [4.69, 9.17) is 28.9 Å². The van der Waals surface area contributed by atoms with Gasteiger partial charge in [0, 0.05) is 118 Å². The van der Waals surface area contributed by atoms with Crippen LogP contribution >= 0.6 is 0 Å². The van der Waals surface area contributed by atoms with Gasteiger partial charge in [-0.15, -0.1) is 0 Å². The fourth-order valence-electron chi connectivity index (χ4n) is 20.7. The lowest BCUT2D eigenvalue weighted by Gasteiger charge is -2.28.